The van der Waals surface area contributed by atoms with E-state index >= 15 is 0 Å². The van der Waals surface area contributed by atoms with E-state index in [-0.39, 0.29) is 11.4 Å². The van der Waals surface area contributed by atoms with E-state index in [0.29, 0.717) is 17.9 Å². The molecule has 1 saturated heterocycles. The molecule has 1 amide bonds. The molecule has 2 rings (SSSR count). The Morgan fingerprint density at radius 1 is 1.44 bits per heavy atom. The van der Waals surface area contributed by atoms with Crippen molar-refractivity contribution in [2.75, 3.05) is 32.4 Å². The number of piperazine rings is 1. The lowest BCUT2D eigenvalue weighted by molar-refractivity contribution is 0.0307. The van der Waals surface area contributed by atoms with Gasteiger partial charge < -0.3 is 10.6 Å². The zero-order valence-electron chi connectivity index (χ0n) is 11.2. The lowest BCUT2D eigenvalue weighted by Crippen LogP contribution is -2.58. The number of nitrogens with zero attached hydrogens (tertiary/aromatic N) is 3. The normalized spacial score (nSPS) is 19.8. The molecule has 98 valence electrons. The first-order valence-corrected chi connectivity index (χ1v) is 6.12. The second-order valence-corrected chi connectivity index (χ2v) is 5.44. The van der Waals surface area contributed by atoms with Crippen molar-refractivity contribution in [3.63, 3.8) is 0 Å². The molecule has 5 heteroatoms. The van der Waals surface area contributed by atoms with Gasteiger partial charge in [0, 0.05) is 37.1 Å². The highest BCUT2D eigenvalue weighted by molar-refractivity contribution is 5.93. The molecule has 0 aliphatic carbocycles. The minimum Gasteiger partial charge on any atom is -0.399 e. The topological polar surface area (TPSA) is 62.5 Å². The van der Waals surface area contributed by atoms with Gasteiger partial charge in [-0.05, 0) is 33.0 Å². The van der Waals surface area contributed by atoms with Crippen LogP contribution in [0.3, 0.4) is 0 Å². The van der Waals surface area contributed by atoms with Crippen LogP contribution in [0, 0.1) is 0 Å². The third kappa shape index (κ3) is 2.46. The Bertz CT molecular complexity index is 458. The largest absolute Gasteiger partial charge is 0.399 e. The fraction of sp³-hybridized carbons (Fsp3) is 0.538. The van der Waals surface area contributed by atoms with E-state index in [9.17, 15) is 4.79 Å². The van der Waals surface area contributed by atoms with Crippen LogP contribution in [0.15, 0.2) is 18.3 Å². The highest BCUT2D eigenvalue weighted by atomic mass is 16.2. The van der Waals surface area contributed by atoms with Gasteiger partial charge in [-0.3, -0.25) is 14.7 Å². The predicted molar refractivity (Wildman–Crippen MR) is 71.3 cm³/mol. The lowest BCUT2D eigenvalue weighted by Gasteiger charge is -2.45. The van der Waals surface area contributed by atoms with Crippen molar-refractivity contribution in [1.29, 1.82) is 0 Å². The number of nitrogen functional groups attached to an aromatic ring is 1. The fourth-order valence-corrected chi connectivity index (χ4v) is 2.14. The van der Waals surface area contributed by atoms with Gasteiger partial charge in [0.25, 0.3) is 5.91 Å². The van der Waals surface area contributed by atoms with E-state index in [1.807, 2.05) is 4.90 Å². The van der Waals surface area contributed by atoms with Gasteiger partial charge in [-0.2, -0.15) is 0 Å². The summed E-state index contributed by atoms with van der Waals surface area (Å²) in [6.07, 6.45) is 1.57. The highest BCUT2D eigenvalue weighted by Crippen LogP contribution is 2.20. The molecule has 0 aromatic carbocycles. The Morgan fingerprint density at radius 2 is 2.17 bits per heavy atom. The number of carbonyl (C=O) groups excluding carboxylic acids is 1. The zero-order chi connectivity index (χ0) is 13.3. The number of hydrogen-bond donors (Lipinski definition) is 1. The fourth-order valence-electron chi connectivity index (χ4n) is 2.14. The maximum absolute atomic E-state index is 12.3. The van der Waals surface area contributed by atoms with E-state index in [0.717, 1.165) is 13.1 Å². The summed E-state index contributed by atoms with van der Waals surface area (Å²) in [5.41, 5.74) is 6.67. The molecular weight excluding hydrogens is 228 g/mol. The SMILES string of the molecule is CN1CCN(C(=O)c2cc(N)ccn2)CC1(C)C. The molecule has 0 bridgehead atoms. The molecule has 2 heterocycles. The molecule has 0 saturated carbocycles. The molecule has 2 N–H and O–H groups in total. The predicted octanol–water partition coefficient (Wildman–Crippen LogP) is 0.830. The summed E-state index contributed by atoms with van der Waals surface area (Å²) in [5.74, 6) is -0.0384. The lowest BCUT2D eigenvalue weighted by atomic mass is 9.99. The van der Waals surface area contributed by atoms with E-state index in [1.54, 1.807) is 18.3 Å². The minimum atomic E-state index is -0.0384. The molecule has 0 unspecified atom stereocenters. The molecule has 5 nitrogen and oxygen atoms in total. The summed E-state index contributed by atoms with van der Waals surface area (Å²) in [7, 11) is 2.08. The highest BCUT2D eigenvalue weighted by Gasteiger charge is 2.33. The number of likely N-dealkylation sites (N-methyl/N-ethyl adjacent to an activating group) is 1. The van der Waals surface area contributed by atoms with Gasteiger partial charge in [-0.25, -0.2) is 0 Å². The summed E-state index contributed by atoms with van der Waals surface area (Å²) in [6, 6.07) is 3.32. The first-order chi connectivity index (χ1) is 8.40. The monoisotopic (exact) mass is 248 g/mol. The van der Waals surface area contributed by atoms with Gasteiger partial charge in [0.15, 0.2) is 0 Å². The van der Waals surface area contributed by atoms with Crippen LogP contribution in [-0.4, -0.2) is 52.9 Å². The van der Waals surface area contributed by atoms with Crippen molar-refractivity contribution in [2.45, 2.75) is 19.4 Å². The molecule has 18 heavy (non-hydrogen) atoms. The number of rotatable bonds is 1. The molecule has 1 aliphatic rings. The second-order valence-electron chi connectivity index (χ2n) is 5.44. The van der Waals surface area contributed by atoms with Crippen LogP contribution in [0.1, 0.15) is 24.3 Å². The summed E-state index contributed by atoms with van der Waals surface area (Å²) in [6.45, 7) is 6.59. The van der Waals surface area contributed by atoms with Crippen LogP contribution in [-0.2, 0) is 0 Å². The van der Waals surface area contributed by atoms with Gasteiger partial charge in [-0.15, -0.1) is 0 Å². The maximum Gasteiger partial charge on any atom is 0.272 e. The number of pyridine rings is 1. The maximum atomic E-state index is 12.3. The van der Waals surface area contributed by atoms with Gasteiger partial charge in [-0.1, -0.05) is 0 Å². The molecule has 1 aromatic rings. The second kappa shape index (κ2) is 4.57. The molecule has 1 fully saturated rings. The van der Waals surface area contributed by atoms with Crippen molar-refractivity contribution in [2.24, 2.45) is 0 Å². The third-order valence-corrected chi connectivity index (χ3v) is 3.61. The Kier molecular flexibility index (Phi) is 3.26. The molecule has 1 aliphatic heterocycles. The van der Waals surface area contributed by atoms with E-state index in [4.69, 9.17) is 5.73 Å². The average Bonchev–Trinajstić information content (AvgIpc) is 2.31. The number of nitrogens with two attached hydrogens (primary N) is 1. The molecule has 1 aromatic heterocycles. The van der Waals surface area contributed by atoms with Gasteiger partial charge in [0.2, 0.25) is 0 Å². The number of hydrogen-bond acceptors (Lipinski definition) is 4. The van der Waals surface area contributed by atoms with Gasteiger partial charge in [0.05, 0.1) is 0 Å². The van der Waals surface area contributed by atoms with Crippen LogP contribution in [0.4, 0.5) is 5.69 Å². The Balaban J connectivity index is 2.15. The Labute approximate surface area is 108 Å². The Hall–Kier alpha value is -1.62. The van der Waals surface area contributed by atoms with Gasteiger partial charge in [0.1, 0.15) is 5.69 Å². The smallest absolute Gasteiger partial charge is 0.272 e. The van der Waals surface area contributed by atoms with E-state index in [1.165, 1.54) is 0 Å². The van der Waals surface area contributed by atoms with Crippen molar-refractivity contribution < 1.29 is 4.79 Å². The van der Waals surface area contributed by atoms with Crippen LogP contribution < -0.4 is 5.73 Å². The van der Waals surface area contributed by atoms with Crippen molar-refractivity contribution >= 4 is 11.6 Å². The summed E-state index contributed by atoms with van der Waals surface area (Å²) in [5, 5.41) is 0. The van der Waals surface area contributed by atoms with Crippen LogP contribution in [0.25, 0.3) is 0 Å². The first-order valence-electron chi connectivity index (χ1n) is 6.12. The molecule has 0 radical (unpaired) electrons. The number of aromatic nitrogens is 1. The van der Waals surface area contributed by atoms with Crippen LogP contribution in [0.5, 0.6) is 0 Å². The standard InChI is InChI=1S/C13H20N4O/c1-13(2)9-17(7-6-16(13)3)12(18)11-8-10(14)4-5-15-11/h4-5,8H,6-7,9H2,1-3H3,(H2,14,15). The van der Waals surface area contributed by atoms with Crippen LogP contribution in [0.2, 0.25) is 0 Å². The third-order valence-electron chi connectivity index (χ3n) is 3.61. The minimum absolute atomic E-state index is 0.00572. The van der Waals surface area contributed by atoms with E-state index < -0.39 is 0 Å². The van der Waals surface area contributed by atoms with E-state index in [2.05, 4.69) is 30.8 Å². The average molecular weight is 248 g/mol. The van der Waals surface area contributed by atoms with Crippen molar-refractivity contribution in [3.05, 3.63) is 24.0 Å². The zero-order valence-corrected chi connectivity index (χ0v) is 11.2. The molecular formula is C13H20N4O. The summed E-state index contributed by atoms with van der Waals surface area (Å²) >= 11 is 0. The summed E-state index contributed by atoms with van der Waals surface area (Å²) < 4.78 is 0. The first kappa shape index (κ1) is 12.8. The Morgan fingerprint density at radius 3 is 2.78 bits per heavy atom. The number of carbonyl (C=O) groups is 1. The van der Waals surface area contributed by atoms with Gasteiger partial charge >= 0.3 is 0 Å². The number of anilines is 1. The quantitative estimate of drug-likeness (QED) is 0.799. The van der Waals surface area contributed by atoms with Crippen molar-refractivity contribution in [1.82, 2.24) is 14.8 Å². The molecule has 0 spiro atoms. The number of amides is 1. The van der Waals surface area contributed by atoms with Crippen LogP contribution >= 0.6 is 0 Å². The van der Waals surface area contributed by atoms with Crippen molar-refractivity contribution in [3.8, 4) is 0 Å². The summed E-state index contributed by atoms with van der Waals surface area (Å²) in [4.78, 5) is 20.5. The molecule has 0 atom stereocenters.